The van der Waals surface area contributed by atoms with Gasteiger partial charge in [0.15, 0.2) is 0 Å². The molecule has 0 aliphatic rings. The fraction of sp³-hybridized carbons (Fsp3) is 0.188. The molecule has 2 aromatic rings. The second kappa shape index (κ2) is 6.10. The maximum atomic E-state index is 11.2. The van der Waals surface area contributed by atoms with Gasteiger partial charge in [-0.25, -0.2) is 0 Å². The topological polar surface area (TPSA) is 78.3 Å². The third kappa shape index (κ3) is 3.29. The Kier molecular flexibility index (Phi) is 4.25. The van der Waals surface area contributed by atoms with E-state index < -0.39 is 5.91 Å². The van der Waals surface area contributed by atoms with Crippen molar-refractivity contribution in [2.45, 2.75) is 19.8 Å². The lowest BCUT2D eigenvalue weighted by atomic mass is 10.1. The van der Waals surface area contributed by atoms with Crippen LogP contribution in [0.25, 0.3) is 0 Å². The number of amides is 1. The number of nitrogens with two attached hydrogens (primary N) is 2. The van der Waals surface area contributed by atoms with Crippen molar-refractivity contribution in [1.29, 1.82) is 0 Å². The van der Waals surface area contributed by atoms with E-state index in [1.807, 2.05) is 24.3 Å². The van der Waals surface area contributed by atoms with Crippen molar-refractivity contribution >= 4 is 11.6 Å². The van der Waals surface area contributed by atoms with Crippen LogP contribution >= 0.6 is 0 Å². The Balaban J connectivity index is 2.17. The van der Waals surface area contributed by atoms with Gasteiger partial charge in [-0.05, 0) is 42.3 Å². The Hall–Kier alpha value is -2.49. The van der Waals surface area contributed by atoms with Crippen LogP contribution in [0.4, 0.5) is 5.69 Å². The molecule has 4 N–H and O–H groups in total. The van der Waals surface area contributed by atoms with Crippen LogP contribution in [0.5, 0.6) is 11.5 Å². The summed E-state index contributed by atoms with van der Waals surface area (Å²) >= 11 is 0. The van der Waals surface area contributed by atoms with E-state index in [0.717, 1.165) is 12.8 Å². The number of aryl methyl sites for hydroxylation is 1. The SMILES string of the molecule is CCCc1ccc(Oc2ccc(N)c(C(N)=O)c2)cc1. The van der Waals surface area contributed by atoms with E-state index >= 15 is 0 Å². The zero-order valence-electron chi connectivity index (χ0n) is 11.4. The molecule has 0 aliphatic carbocycles. The molecule has 0 heterocycles. The standard InChI is InChI=1S/C16H18N2O2/c1-2-3-11-4-6-12(7-5-11)20-13-8-9-15(17)14(10-13)16(18)19/h4-10H,2-3,17H2,1H3,(H2,18,19). The monoisotopic (exact) mass is 270 g/mol. The van der Waals surface area contributed by atoms with E-state index in [1.165, 1.54) is 5.56 Å². The van der Waals surface area contributed by atoms with Gasteiger partial charge in [-0.15, -0.1) is 0 Å². The maximum absolute atomic E-state index is 11.2. The number of hydrogen-bond donors (Lipinski definition) is 2. The number of hydrogen-bond acceptors (Lipinski definition) is 3. The molecule has 0 spiro atoms. The molecule has 0 aromatic heterocycles. The van der Waals surface area contributed by atoms with Crippen molar-refractivity contribution in [1.82, 2.24) is 0 Å². The third-order valence-corrected chi connectivity index (χ3v) is 2.99. The molecule has 104 valence electrons. The van der Waals surface area contributed by atoms with Gasteiger partial charge in [-0.3, -0.25) is 4.79 Å². The first kappa shape index (κ1) is 13.9. The van der Waals surface area contributed by atoms with E-state index in [-0.39, 0.29) is 5.56 Å². The molecule has 0 saturated heterocycles. The van der Waals surface area contributed by atoms with Gasteiger partial charge in [-0.1, -0.05) is 25.5 Å². The summed E-state index contributed by atoms with van der Waals surface area (Å²) in [5.41, 5.74) is 12.8. The average molecular weight is 270 g/mol. The van der Waals surface area contributed by atoms with Gasteiger partial charge < -0.3 is 16.2 Å². The molecule has 0 aliphatic heterocycles. The van der Waals surface area contributed by atoms with Gasteiger partial charge in [-0.2, -0.15) is 0 Å². The average Bonchev–Trinajstić information content (AvgIpc) is 2.43. The van der Waals surface area contributed by atoms with Gasteiger partial charge in [0.2, 0.25) is 0 Å². The summed E-state index contributed by atoms with van der Waals surface area (Å²) < 4.78 is 5.69. The number of benzene rings is 2. The van der Waals surface area contributed by atoms with Crippen LogP contribution in [0, 0.1) is 0 Å². The predicted octanol–water partition coefficient (Wildman–Crippen LogP) is 3.11. The number of rotatable bonds is 5. The number of primary amides is 1. The minimum Gasteiger partial charge on any atom is -0.457 e. The zero-order chi connectivity index (χ0) is 14.5. The lowest BCUT2D eigenvalue weighted by Crippen LogP contribution is -2.13. The smallest absolute Gasteiger partial charge is 0.250 e. The first-order valence-electron chi connectivity index (χ1n) is 6.56. The molecule has 0 saturated carbocycles. The van der Waals surface area contributed by atoms with Gasteiger partial charge in [0.05, 0.1) is 5.56 Å². The number of nitrogen functional groups attached to an aromatic ring is 1. The van der Waals surface area contributed by atoms with Crippen LogP contribution in [0.3, 0.4) is 0 Å². The summed E-state index contributed by atoms with van der Waals surface area (Å²) in [5, 5.41) is 0. The molecule has 2 rings (SSSR count). The van der Waals surface area contributed by atoms with Gasteiger partial charge >= 0.3 is 0 Å². The van der Waals surface area contributed by atoms with Crippen molar-refractivity contribution in [3.8, 4) is 11.5 Å². The van der Waals surface area contributed by atoms with Crippen LogP contribution in [0.1, 0.15) is 29.3 Å². The van der Waals surface area contributed by atoms with E-state index in [1.54, 1.807) is 18.2 Å². The Morgan fingerprint density at radius 2 is 1.75 bits per heavy atom. The zero-order valence-corrected chi connectivity index (χ0v) is 11.4. The number of carbonyl (C=O) groups is 1. The molecule has 1 amide bonds. The normalized spacial score (nSPS) is 10.2. The highest BCUT2D eigenvalue weighted by molar-refractivity contribution is 5.98. The summed E-state index contributed by atoms with van der Waals surface area (Å²) in [4.78, 5) is 11.2. The van der Waals surface area contributed by atoms with Crippen molar-refractivity contribution in [3.63, 3.8) is 0 Å². The minimum atomic E-state index is -0.564. The molecule has 20 heavy (non-hydrogen) atoms. The van der Waals surface area contributed by atoms with Crippen LogP contribution in [0.15, 0.2) is 42.5 Å². The van der Waals surface area contributed by atoms with Crippen molar-refractivity contribution in [3.05, 3.63) is 53.6 Å². The van der Waals surface area contributed by atoms with Gasteiger partial charge in [0, 0.05) is 5.69 Å². The Labute approximate surface area is 118 Å². The molecule has 2 aromatic carbocycles. The molecule has 0 unspecified atom stereocenters. The highest BCUT2D eigenvalue weighted by Crippen LogP contribution is 2.25. The highest BCUT2D eigenvalue weighted by Gasteiger charge is 2.08. The summed E-state index contributed by atoms with van der Waals surface area (Å²) in [7, 11) is 0. The van der Waals surface area contributed by atoms with E-state index in [0.29, 0.717) is 17.2 Å². The Bertz CT molecular complexity index is 606. The van der Waals surface area contributed by atoms with Gasteiger partial charge in [0.1, 0.15) is 11.5 Å². The largest absolute Gasteiger partial charge is 0.457 e. The first-order chi connectivity index (χ1) is 9.60. The third-order valence-electron chi connectivity index (χ3n) is 2.99. The highest BCUT2D eigenvalue weighted by atomic mass is 16.5. The summed E-state index contributed by atoms with van der Waals surface area (Å²) in [6.07, 6.45) is 2.16. The van der Waals surface area contributed by atoms with E-state index in [4.69, 9.17) is 16.2 Å². The molecule has 4 heteroatoms. The Morgan fingerprint density at radius 3 is 2.35 bits per heavy atom. The molecule has 0 atom stereocenters. The van der Waals surface area contributed by atoms with Crippen molar-refractivity contribution in [2.24, 2.45) is 5.73 Å². The molecule has 0 radical (unpaired) electrons. The second-order valence-corrected chi connectivity index (χ2v) is 4.61. The molecule has 0 fully saturated rings. The Morgan fingerprint density at radius 1 is 1.10 bits per heavy atom. The fourth-order valence-electron chi connectivity index (χ4n) is 1.96. The molecule has 0 bridgehead atoms. The number of anilines is 1. The van der Waals surface area contributed by atoms with E-state index in [9.17, 15) is 4.79 Å². The molecular weight excluding hydrogens is 252 g/mol. The predicted molar refractivity (Wildman–Crippen MR) is 79.9 cm³/mol. The van der Waals surface area contributed by atoms with Crippen molar-refractivity contribution in [2.75, 3.05) is 5.73 Å². The summed E-state index contributed by atoms with van der Waals surface area (Å²) in [6, 6.07) is 12.8. The van der Waals surface area contributed by atoms with Crippen molar-refractivity contribution < 1.29 is 9.53 Å². The lowest BCUT2D eigenvalue weighted by molar-refractivity contribution is 0.100. The van der Waals surface area contributed by atoms with Crippen LogP contribution in [0.2, 0.25) is 0 Å². The first-order valence-corrected chi connectivity index (χ1v) is 6.56. The van der Waals surface area contributed by atoms with Crippen LogP contribution < -0.4 is 16.2 Å². The molecule has 4 nitrogen and oxygen atoms in total. The lowest BCUT2D eigenvalue weighted by Gasteiger charge is -2.09. The molecular formula is C16H18N2O2. The summed E-state index contributed by atoms with van der Waals surface area (Å²) in [6.45, 7) is 2.14. The number of carbonyl (C=O) groups excluding carboxylic acids is 1. The number of ether oxygens (including phenoxy) is 1. The van der Waals surface area contributed by atoms with Gasteiger partial charge in [0.25, 0.3) is 5.91 Å². The quantitative estimate of drug-likeness (QED) is 0.819. The fourth-order valence-corrected chi connectivity index (χ4v) is 1.96. The minimum absolute atomic E-state index is 0.269. The van der Waals surface area contributed by atoms with E-state index in [2.05, 4.69) is 6.92 Å². The second-order valence-electron chi connectivity index (χ2n) is 4.61. The maximum Gasteiger partial charge on any atom is 0.250 e. The van der Waals surface area contributed by atoms with Crippen LogP contribution in [-0.2, 0) is 6.42 Å². The van der Waals surface area contributed by atoms with Crippen LogP contribution in [-0.4, -0.2) is 5.91 Å². The summed E-state index contributed by atoms with van der Waals surface area (Å²) in [5.74, 6) is 0.688.